The zero-order valence-corrected chi connectivity index (χ0v) is 41.7. The van der Waals surface area contributed by atoms with Crippen LogP contribution in [0.15, 0.2) is 66.7 Å². The molecule has 16 heteroatoms. The Kier molecular flexibility index (Phi) is 12.1. The minimum absolute atomic E-state index is 0.00151. The molecule has 14 nitrogen and oxygen atoms in total. The van der Waals surface area contributed by atoms with Gasteiger partial charge in [0.15, 0.2) is 17.3 Å². The van der Waals surface area contributed by atoms with Crippen molar-refractivity contribution in [1.82, 2.24) is 10.3 Å². The molecule has 0 amide bonds. The lowest BCUT2D eigenvalue weighted by Crippen LogP contribution is -2.71. The fraction of sp³-hybridized carbons (Fsp3) is 0.407. The summed E-state index contributed by atoms with van der Waals surface area (Å²) in [4.78, 5) is 47.9. The van der Waals surface area contributed by atoms with Gasteiger partial charge < -0.3 is 48.3 Å². The molecular formula is C54H54Cl2N2O12. The van der Waals surface area contributed by atoms with E-state index in [-0.39, 0.29) is 91.7 Å². The molecule has 4 heterocycles. The summed E-state index contributed by atoms with van der Waals surface area (Å²) in [7, 11) is 8.80. The number of carbonyl (C=O) groups excluding carboxylic acids is 3. The van der Waals surface area contributed by atoms with Gasteiger partial charge in [-0.15, -0.1) is 0 Å². The van der Waals surface area contributed by atoms with Crippen LogP contribution in [0.1, 0.15) is 100 Å². The molecule has 2 aliphatic carbocycles. The van der Waals surface area contributed by atoms with Gasteiger partial charge in [0.2, 0.25) is 11.4 Å². The third kappa shape index (κ3) is 6.92. The molecule has 5 aliphatic rings. The zero-order valence-electron chi connectivity index (χ0n) is 40.2. The van der Waals surface area contributed by atoms with Crippen LogP contribution in [-0.4, -0.2) is 94.1 Å². The van der Waals surface area contributed by atoms with Crippen molar-refractivity contribution >= 4 is 40.7 Å². The van der Waals surface area contributed by atoms with Gasteiger partial charge in [0.05, 0.1) is 59.4 Å². The number of aliphatic hydroxyl groups is 1. The number of pyridine rings is 1. The number of nitrogens with zero attached hydrogens (tertiary/aromatic N) is 1. The SMILES string of the molecule is COC(=O)c1cc(-c2ccc(-c3ccc(C4C5NC(C)CCC5C(OC)C5C(=O)c6c(OC)cc(OC)c(Cl)c6OC54C)cc3)cc2)c2c(n1)C1(Oc3c(Cl)c(OC)cc(OC)c3C1=O)C(C)CC2O. The van der Waals surface area contributed by atoms with Crippen LogP contribution in [0.2, 0.25) is 10.0 Å². The standard InChI is InChI=1S/C54H54Cl2N2O12/c1-24-20-33(59)38-31(21-32(52(62)68-9)58-50(38)54(24)51(61)40-35(64-5)23-37(66-7)44(56)49(40)70-54)28-15-11-26(12-16-28)27-13-17-29(18-14-27)41-45-30(19-10-25(2)57-45)47(67-8)42-46(60)39-34(63-4)22-36(65-6)43(55)48(39)69-53(41,42)3/h11-18,21-25,30,33,41-42,45,47,57,59H,10,19-20H2,1-9H3. The first-order chi connectivity index (χ1) is 33.6. The lowest BCUT2D eigenvalue weighted by atomic mass is 9.55. The first-order valence-electron chi connectivity index (χ1n) is 23.3. The lowest BCUT2D eigenvalue weighted by Gasteiger charge is -2.59. The average Bonchev–Trinajstić information content (AvgIpc) is 3.68. The summed E-state index contributed by atoms with van der Waals surface area (Å²) in [6.07, 6.45) is 0.385. The molecule has 366 valence electrons. The second-order valence-electron chi connectivity index (χ2n) is 19.1. The summed E-state index contributed by atoms with van der Waals surface area (Å²) < 4.78 is 47.6. The number of ketones is 2. The van der Waals surface area contributed by atoms with E-state index in [1.165, 1.54) is 41.6 Å². The highest BCUT2D eigenvalue weighted by molar-refractivity contribution is 6.35. The van der Waals surface area contributed by atoms with E-state index in [0.717, 1.165) is 29.5 Å². The smallest absolute Gasteiger partial charge is 0.356 e. The van der Waals surface area contributed by atoms with E-state index in [0.29, 0.717) is 28.2 Å². The molecule has 1 saturated carbocycles. The van der Waals surface area contributed by atoms with E-state index in [1.807, 2.05) is 31.2 Å². The highest BCUT2D eigenvalue weighted by Crippen LogP contribution is 2.61. The molecule has 10 rings (SSSR count). The fourth-order valence-electron chi connectivity index (χ4n) is 12.3. The summed E-state index contributed by atoms with van der Waals surface area (Å²) in [6, 6.07) is 20.8. The second kappa shape index (κ2) is 17.7. The topological polar surface area (TPSA) is 170 Å². The number of hydrogen-bond donors (Lipinski definition) is 2. The zero-order chi connectivity index (χ0) is 49.7. The van der Waals surface area contributed by atoms with Crippen LogP contribution < -0.4 is 33.7 Å². The number of hydrogen-bond acceptors (Lipinski definition) is 14. The number of rotatable bonds is 9. The number of Topliss-reactive ketones (excluding diaryl/α,β-unsaturated/α-hetero) is 2. The van der Waals surface area contributed by atoms with Crippen molar-refractivity contribution < 1.29 is 57.4 Å². The maximum atomic E-state index is 15.0. The first-order valence-corrected chi connectivity index (χ1v) is 24.0. The molecule has 2 fully saturated rings. The van der Waals surface area contributed by atoms with Crippen LogP contribution in [-0.2, 0) is 15.1 Å². The Hall–Kier alpha value is -5.90. The van der Waals surface area contributed by atoms with Crippen LogP contribution in [0.3, 0.4) is 0 Å². The molecule has 1 aromatic heterocycles. The Morgan fingerprint density at radius 3 is 1.91 bits per heavy atom. The number of aliphatic hydroxyl groups excluding tert-OH is 1. The molecular weight excluding hydrogens is 940 g/mol. The maximum absolute atomic E-state index is 15.0. The number of methoxy groups -OCH3 is 6. The molecule has 4 aromatic carbocycles. The summed E-state index contributed by atoms with van der Waals surface area (Å²) in [6.45, 7) is 5.95. The molecule has 10 atom stereocenters. The largest absolute Gasteiger partial charge is 0.496 e. The highest BCUT2D eigenvalue weighted by Gasteiger charge is 2.65. The predicted octanol–water partition coefficient (Wildman–Crippen LogP) is 9.61. The molecule has 5 aromatic rings. The van der Waals surface area contributed by atoms with Crippen molar-refractivity contribution in [2.24, 2.45) is 17.8 Å². The maximum Gasteiger partial charge on any atom is 0.356 e. The minimum atomic E-state index is -1.78. The number of aromatic nitrogens is 1. The Bertz CT molecular complexity index is 2960. The first kappa shape index (κ1) is 47.8. The van der Waals surface area contributed by atoms with Gasteiger partial charge in [-0.1, -0.05) is 78.7 Å². The molecule has 0 bridgehead atoms. The fourth-order valence-corrected chi connectivity index (χ4v) is 12.8. The van der Waals surface area contributed by atoms with Gasteiger partial charge in [0.25, 0.3) is 0 Å². The molecule has 10 unspecified atom stereocenters. The second-order valence-corrected chi connectivity index (χ2v) is 19.8. The van der Waals surface area contributed by atoms with Gasteiger partial charge in [0, 0.05) is 54.6 Å². The number of piperidine rings is 1. The van der Waals surface area contributed by atoms with E-state index in [4.69, 9.17) is 66.1 Å². The van der Waals surface area contributed by atoms with Crippen LogP contribution in [0.5, 0.6) is 34.5 Å². The molecule has 3 aliphatic heterocycles. The number of nitrogens with one attached hydrogen (secondary N) is 1. The number of ether oxygens (including phenoxy) is 8. The summed E-state index contributed by atoms with van der Waals surface area (Å²) in [5.41, 5.74) is 1.74. The lowest BCUT2D eigenvalue weighted by molar-refractivity contribution is -0.139. The van der Waals surface area contributed by atoms with E-state index in [1.54, 1.807) is 26.2 Å². The van der Waals surface area contributed by atoms with Gasteiger partial charge >= 0.3 is 5.97 Å². The van der Waals surface area contributed by atoms with Gasteiger partial charge in [-0.25, -0.2) is 9.78 Å². The van der Waals surface area contributed by atoms with Gasteiger partial charge in [-0.3, -0.25) is 9.59 Å². The molecule has 1 saturated heterocycles. The van der Waals surface area contributed by atoms with Crippen LogP contribution in [0.4, 0.5) is 0 Å². The molecule has 2 N–H and O–H groups in total. The Morgan fingerprint density at radius 1 is 0.757 bits per heavy atom. The van der Waals surface area contributed by atoms with Crippen LogP contribution in [0.25, 0.3) is 22.3 Å². The molecule has 1 spiro atoms. The van der Waals surface area contributed by atoms with E-state index in [2.05, 4.69) is 36.5 Å². The number of halogens is 2. The van der Waals surface area contributed by atoms with Gasteiger partial charge in [-0.2, -0.15) is 0 Å². The van der Waals surface area contributed by atoms with Crippen molar-refractivity contribution in [1.29, 1.82) is 0 Å². The Balaban J connectivity index is 1.04. The minimum Gasteiger partial charge on any atom is -0.496 e. The third-order valence-corrected chi connectivity index (χ3v) is 16.3. The van der Waals surface area contributed by atoms with Crippen molar-refractivity contribution in [3.05, 3.63) is 110 Å². The third-order valence-electron chi connectivity index (χ3n) is 15.6. The molecule has 0 radical (unpaired) electrons. The van der Waals surface area contributed by atoms with E-state index in [9.17, 15) is 19.5 Å². The van der Waals surface area contributed by atoms with Crippen molar-refractivity contribution in [2.45, 2.75) is 81.4 Å². The van der Waals surface area contributed by atoms with Gasteiger partial charge in [-0.05, 0) is 67.0 Å². The summed E-state index contributed by atoms with van der Waals surface area (Å²) >= 11 is 13.7. The number of carbonyl (C=O) groups is 3. The number of fused-ring (bicyclic) bond motifs is 6. The van der Waals surface area contributed by atoms with Crippen molar-refractivity contribution in [2.75, 3.05) is 42.7 Å². The Labute approximate surface area is 415 Å². The summed E-state index contributed by atoms with van der Waals surface area (Å²) in [5.74, 6) is -1.61. The normalized spacial score (nSPS) is 28.3. The van der Waals surface area contributed by atoms with Crippen LogP contribution in [0, 0.1) is 17.8 Å². The quantitative estimate of drug-likeness (QED) is 0.134. The van der Waals surface area contributed by atoms with Crippen molar-refractivity contribution in [3.8, 4) is 56.8 Å². The predicted molar refractivity (Wildman–Crippen MR) is 260 cm³/mol. The Morgan fingerprint density at radius 2 is 1.33 bits per heavy atom. The van der Waals surface area contributed by atoms with E-state index < -0.39 is 47.0 Å². The average molecular weight is 994 g/mol. The number of esters is 1. The highest BCUT2D eigenvalue weighted by atomic mass is 35.5. The summed E-state index contributed by atoms with van der Waals surface area (Å²) in [5, 5.41) is 16.0. The van der Waals surface area contributed by atoms with Crippen molar-refractivity contribution in [3.63, 3.8) is 0 Å². The van der Waals surface area contributed by atoms with Crippen LogP contribution >= 0.6 is 23.2 Å². The van der Waals surface area contributed by atoms with Gasteiger partial charge in [0.1, 0.15) is 55.5 Å². The monoisotopic (exact) mass is 992 g/mol. The molecule has 70 heavy (non-hydrogen) atoms. The van der Waals surface area contributed by atoms with E-state index >= 15 is 0 Å². The number of benzene rings is 4.